The summed E-state index contributed by atoms with van der Waals surface area (Å²) < 4.78 is 25.8. The lowest BCUT2D eigenvalue weighted by Crippen LogP contribution is -2.37. The summed E-state index contributed by atoms with van der Waals surface area (Å²) >= 11 is 4.03. The van der Waals surface area contributed by atoms with Crippen molar-refractivity contribution < 1.29 is 43.0 Å². The van der Waals surface area contributed by atoms with Crippen molar-refractivity contribution in [2.45, 2.75) is 24.5 Å². The van der Waals surface area contributed by atoms with Gasteiger partial charge >= 0.3 is 20.2 Å². The molecule has 1 saturated heterocycles. The summed E-state index contributed by atoms with van der Waals surface area (Å²) in [4.78, 5) is 51.6. The summed E-state index contributed by atoms with van der Waals surface area (Å²) in [7, 11) is -4.96. The molecule has 0 radical (unpaired) electrons. The van der Waals surface area contributed by atoms with Gasteiger partial charge in [0.15, 0.2) is 6.23 Å². The first kappa shape index (κ1) is 20.6. The van der Waals surface area contributed by atoms with Crippen molar-refractivity contribution in [2.75, 3.05) is 6.61 Å². The number of nitrogens with one attached hydrogen (secondary N) is 1. The Morgan fingerprint density at radius 2 is 1.92 bits per heavy atom. The highest BCUT2D eigenvalue weighted by molar-refractivity contribution is 8.08. The monoisotopic (exact) mass is 420 g/mol. The number of phosphoric acid groups is 1. The van der Waals surface area contributed by atoms with E-state index in [4.69, 9.17) is 14.5 Å². The van der Waals surface area contributed by atoms with Gasteiger partial charge in [0, 0.05) is 12.3 Å². The molecule has 1 fully saturated rings. The van der Waals surface area contributed by atoms with Crippen LogP contribution in [0.2, 0.25) is 0 Å². The highest BCUT2D eigenvalue weighted by Crippen LogP contribution is 2.57. The van der Waals surface area contributed by atoms with Crippen LogP contribution in [0.15, 0.2) is 21.9 Å². The first-order valence-electron chi connectivity index (χ1n) is 6.47. The zero-order chi connectivity index (χ0) is 19.0. The molecule has 0 bridgehead atoms. The summed E-state index contributed by atoms with van der Waals surface area (Å²) in [6.07, 6.45) is -5.02. The zero-order valence-corrected chi connectivity index (χ0v) is 14.7. The van der Waals surface area contributed by atoms with Gasteiger partial charge in [-0.25, -0.2) is 13.7 Å². The van der Waals surface area contributed by atoms with E-state index in [0.717, 1.165) is 16.8 Å². The fourth-order valence-electron chi connectivity index (χ4n) is 2.05. The number of hydrogen-bond donors (Lipinski definition) is 6. The Hall–Kier alpha value is -0.760. The third kappa shape index (κ3) is 5.36. The molecule has 0 aliphatic carbocycles. The standard InChI is InChI=1S/C9H14N2O11P2S/c12-5-1-2-11(9(15)10-5)8-7(14)6(13)4(21-8)3-20-23(16,17)22-24(18,19)25/h1-2,4,6-8,13-14H,3H2,(H,16,17)(H,10,12,15)(H2,18,19,25)/t4-,6+,7?,8-/m1/s1. The molecule has 1 aliphatic rings. The number of H-pyrrole nitrogens is 1. The Kier molecular flexibility index (Phi) is 6.14. The molecule has 2 unspecified atom stereocenters. The minimum absolute atomic E-state index is 0.684. The fourth-order valence-corrected chi connectivity index (χ4v) is 4.41. The molecule has 5 atom stereocenters. The highest BCUT2D eigenvalue weighted by Gasteiger charge is 2.45. The maximum Gasteiger partial charge on any atom is 0.479 e. The van der Waals surface area contributed by atoms with Crippen LogP contribution in [0.3, 0.4) is 0 Å². The molecule has 2 rings (SSSR count). The number of rotatable bonds is 6. The van der Waals surface area contributed by atoms with Crippen molar-refractivity contribution >= 4 is 26.3 Å². The van der Waals surface area contributed by atoms with Crippen LogP contribution in [0.4, 0.5) is 0 Å². The molecule has 0 amide bonds. The molecule has 1 aliphatic heterocycles. The minimum atomic E-state index is -4.96. The molecule has 0 aromatic carbocycles. The number of nitrogens with zero attached hydrogens (tertiary/aromatic N) is 1. The second kappa shape index (κ2) is 7.47. The quantitative estimate of drug-likeness (QED) is 0.265. The average molecular weight is 420 g/mol. The fraction of sp³-hybridized carbons (Fsp3) is 0.556. The molecule has 142 valence electrons. The lowest BCUT2D eigenvalue weighted by molar-refractivity contribution is -0.0541. The first-order chi connectivity index (χ1) is 11.4. The molecule has 6 N–H and O–H groups in total. The van der Waals surface area contributed by atoms with Gasteiger partial charge in [0.25, 0.3) is 5.56 Å². The Morgan fingerprint density at radius 1 is 1.28 bits per heavy atom. The average Bonchev–Trinajstić information content (AvgIpc) is 2.71. The zero-order valence-electron chi connectivity index (χ0n) is 12.1. The lowest BCUT2D eigenvalue weighted by atomic mass is 10.1. The predicted molar refractivity (Wildman–Crippen MR) is 82.8 cm³/mol. The molecule has 25 heavy (non-hydrogen) atoms. The molecule has 2 heterocycles. The maximum absolute atomic E-state index is 11.7. The third-order valence-electron chi connectivity index (χ3n) is 3.07. The molecule has 0 saturated carbocycles. The van der Waals surface area contributed by atoms with Crippen LogP contribution < -0.4 is 11.2 Å². The number of aliphatic hydroxyl groups excluding tert-OH is 2. The van der Waals surface area contributed by atoms with E-state index in [1.165, 1.54) is 0 Å². The van der Waals surface area contributed by atoms with E-state index in [0.29, 0.717) is 0 Å². The van der Waals surface area contributed by atoms with Gasteiger partial charge in [-0.2, -0.15) is 0 Å². The summed E-state index contributed by atoms with van der Waals surface area (Å²) in [6, 6.07) is 0.985. The van der Waals surface area contributed by atoms with Gasteiger partial charge in [0.1, 0.15) is 18.3 Å². The van der Waals surface area contributed by atoms with Crippen LogP contribution in [-0.2, 0) is 29.9 Å². The van der Waals surface area contributed by atoms with Gasteiger partial charge in [-0.1, -0.05) is 0 Å². The van der Waals surface area contributed by atoms with Crippen molar-refractivity contribution in [3.8, 4) is 0 Å². The van der Waals surface area contributed by atoms with E-state index in [2.05, 4.69) is 20.6 Å². The number of aromatic amines is 1. The van der Waals surface area contributed by atoms with Gasteiger partial charge in [-0.15, -0.1) is 0 Å². The van der Waals surface area contributed by atoms with E-state index in [9.17, 15) is 29.3 Å². The highest BCUT2D eigenvalue weighted by atomic mass is 32.5. The van der Waals surface area contributed by atoms with E-state index in [1.807, 2.05) is 4.98 Å². The molecule has 1 aromatic heterocycles. The molecule has 16 heteroatoms. The van der Waals surface area contributed by atoms with Gasteiger partial charge in [0.05, 0.1) is 6.61 Å². The smallest absolute Gasteiger partial charge is 0.387 e. The van der Waals surface area contributed by atoms with Crippen LogP contribution in [0.25, 0.3) is 0 Å². The Balaban J connectivity index is 2.09. The molecule has 13 nitrogen and oxygen atoms in total. The Morgan fingerprint density at radius 3 is 2.48 bits per heavy atom. The third-order valence-corrected chi connectivity index (χ3v) is 5.83. The maximum atomic E-state index is 11.7. The lowest BCUT2D eigenvalue weighted by Gasteiger charge is -2.18. The SMILES string of the molecule is O=c1ccn([C@@H]2O[C@H](COP(=O)(O)OP(O)(O)=S)[C@H](O)C2O)c(=O)[nH]1. The van der Waals surface area contributed by atoms with Crippen LogP contribution in [0.1, 0.15) is 6.23 Å². The molecule has 1 aromatic rings. The van der Waals surface area contributed by atoms with Crippen molar-refractivity contribution in [2.24, 2.45) is 0 Å². The number of ether oxygens (including phenoxy) is 1. The van der Waals surface area contributed by atoms with Gasteiger partial charge < -0.3 is 29.6 Å². The first-order valence-corrected chi connectivity index (χ1v) is 10.6. The van der Waals surface area contributed by atoms with Crippen molar-refractivity contribution in [1.82, 2.24) is 9.55 Å². The second-order valence-corrected chi connectivity index (χ2v) is 9.16. The van der Waals surface area contributed by atoms with Crippen molar-refractivity contribution in [3.05, 3.63) is 33.1 Å². The molecular weight excluding hydrogens is 406 g/mol. The summed E-state index contributed by atoms with van der Waals surface area (Å²) in [5, 5.41) is 19.9. The molecule has 0 spiro atoms. The second-order valence-electron chi connectivity index (χ2n) is 4.90. The van der Waals surface area contributed by atoms with Gasteiger partial charge in [-0.3, -0.25) is 18.9 Å². The van der Waals surface area contributed by atoms with Gasteiger partial charge in [0.2, 0.25) is 0 Å². The van der Waals surface area contributed by atoms with Crippen LogP contribution >= 0.6 is 14.5 Å². The number of aliphatic hydroxyl groups is 2. The van der Waals surface area contributed by atoms with E-state index >= 15 is 0 Å². The number of hydrogen-bond acceptors (Lipinski definition) is 9. The predicted octanol–water partition coefficient (Wildman–Crippen LogP) is -2.50. The number of aromatic nitrogens is 2. The Bertz CT molecular complexity index is 833. The van der Waals surface area contributed by atoms with Gasteiger partial charge in [-0.05, 0) is 11.8 Å². The summed E-state index contributed by atoms with van der Waals surface area (Å²) in [6.45, 7) is -5.29. The summed E-state index contributed by atoms with van der Waals surface area (Å²) in [5.74, 6) is 0. The number of phosphoric ester groups is 1. The topological polar surface area (TPSA) is 201 Å². The summed E-state index contributed by atoms with van der Waals surface area (Å²) in [5.41, 5.74) is -1.60. The van der Waals surface area contributed by atoms with Crippen LogP contribution in [0, 0.1) is 0 Å². The normalized spacial score (nSPS) is 29.5. The Labute approximate surface area is 143 Å². The molecular formula is C9H14N2O11P2S. The van der Waals surface area contributed by atoms with Crippen molar-refractivity contribution in [3.63, 3.8) is 0 Å². The van der Waals surface area contributed by atoms with Crippen LogP contribution in [0.5, 0.6) is 0 Å². The van der Waals surface area contributed by atoms with Crippen LogP contribution in [-0.4, -0.2) is 59.4 Å². The largest absolute Gasteiger partial charge is 0.479 e. The van der Waals surface area contributed by atoms with E-state index in [-0.39, 0.29) is 0 Å². The van der Waals surface area contributed by atoms with Crippen molar-refractivity contribution in [1.29, 1.82) is 0 Å². The minimum Gasteiger partial charge on any atom is -0.387 e. The van der Waals surface area contributed by atoms with E-state index < -0.39 is 56.9 Å². The van der Waals surface area contributed by atoms with E-state index in [1.54, 1.807) is 0 Å².